The molecule has 0 spiro atoms. The van der Waals surface area contributed by atoms with Gasteiger partial charge in [0.25, 0.3) is 0 Å². The molecule has 1 unspecified atom stereocenters. The summed E-state index contributed by atoms with van der Waals surface area (Å²) in [6.07, 6.45) is -0.787. The highest BCUT2D eigenvalue weighted by Gasteiger charge is 2.10. The van der Waals surface area contributed by atoms with Gasteiger partial charge in [0.2, 0.25) is 0 Å². The zero-order valence-electron chi connectivity index (χ0n) is 10.8. The van der Waals surface area contributed by atoms with Crippen molar-refractivity contribution in [3.8, 4) is 6.07 Å². The number of nitrogens with one attached hydrogen (secondary N) is 2. The predicted octanol–water partition coefficient (Wildman–Crippen LogP) is 2.61. The van der Waals surface area contributed by atoms with E-state index < -0.39 is 18.0 Å². The summed E-state index contributed by atoms with van der Waals surface area (Å²) in [6, 6.07) is 6.62. The smallest absolute Gasteiger partial charge is 0.319 e. The number of carbonyl (C=O) groups excluding carboxylic acids is 1. The third-order valence-electron chi connectivity index (χ3n) is 2.73. The van der Waals surface area contributed by atoms with E-state index in [9.17, 15) is 14.3 Å². The maximum atomic E-state index is 13.1. The number of rotatable bonds is 4. The molecule has 5 nitrogen and oxygen atoms in total. The van der Waals surface area contributed by atoms with Crippen LogP contribution in [0.5, 0.6) is 0 Å². The van der Waals surface area contributed by atoms with Crippen LogP contribution < -0.4 is 10.6 Å². The summed E-state index contributed by atoms with van der Waals surface area (Å²) < 4.78 is 13.1. The van der Waals surface area contributed by atoms with Crippen LogP contribution in [-0.2, 0) is 0 Å². The average molecular weight is 305 g/mol. The Morgan fingerprint density at radius 2 is 2.29 bits per heavy atom. The van der Waals surface area contributed by atoms with E-state index in [0.29, 0.717) is 5.69 Å². The Morgan fingerprint density at radius 3 is 2.95 bits per heavy atom. The summed E-state index contributed by atoms with van der Waals surface area (Å²) >= 11 is 1.46. The van der Waals surface area contributed by atoms with Crippen molar-refractivity contribution in [2.45, 2.75) is 6.10 Å². The molecule has 0 radical (unpaired) electrons. The zero-order valence-corrected chi connectivity index (χ0v) is 11.7. The van der Waals surface area contributed by atoms with Gasteiger partial charge in [0, 0.05) is 12.2 Å². The van der Waals surface area contributed by atoms with E-state index in [-0.39, 0.29) is 12.1 Å². The molecule has 2 amide bonds. The molecule has 0 saturated carbocycles. The van der Waals surface area contributed by atoms with Gasteiger partial charge in [-0.3, -0.25) is 0 Å². The molecule has 1 atom stereocenters. The summed E-state index contributed by atoms with van der Waals surface area (Å²) in [5, 5.41) is 27.1. The molecule has 0 aliphatic carbocycles. The van der Waals surface area contributed by atoms with Crippen LogP contribution in [-0.4, -0.2) is 17.7 Å². The van der Waals surface area contributed by atoms with Crippen LogP contribution in [0.15, 0.2) is 35.0 Å². The quantitative estimate of drug-likeness (QED) is 0.811. The lowest BCUT2D eigenvalue weighted by atomic mass is 10.2. The van der Waals surface area contributed by atoms with Crippen molar-refractivity contribution in [2.75, 3.05) is 11.9 Å². The van der Waals surface area contributed by atoms with Crippen molar-refractivity contribution >= 4 is 23.1 Å². The molecular formula is C14H12FN3O2S. The lowest BCUT2D eigenvalue weighted by molar-refractivity contribution is 0.175. The lowest BCUT2D eigenvalue weighted by Gasteiger charge is -2.11. The Labute approximate surface area is 124 Å². The fraction of sp³-hybridized carbons (Fsp3) is 0.143. The molecule has 0 aliphatic heterocycles. The number of aliphatic hydroxyl groups excluding tert-OH is 1. The number of halogens is 1. The Balaban J connectivity index is 1.89. The number of nitriles is 1. The van der Waals surface area contributed by atoms with Crippen molar-refractivity contribution in [3.63, 3.8) is 0 Å². The first-order valence-corrected chi connectivity index (χ1v) is 6.99. The average Bonchev–Trinajstić information content (AvgIpc) is 3.01. The normalized spacial score (nSPS) is 11.5. The van der Waals surface area contributed by atoms with Crippen LogP contribution in [0.2, 0.25) is 0 Å². The number of amides is 2. The summed E-state index contributed by atoms with van der Waals surface area (Å²) in [5.74, 6) is -0.642. The molecule has 0 saturated heterocycles. The van der Waals surface area contributed by atoms with Gasteiger partial charge in [0.15, 0.2) is 0 Å². The summed E-state index contributed by atoms with van der Waals surface area (Å²) in [4.78, 5) is 11.7. The largest absolute Gasteiger partial charge is 0.387 e. The Morgan fingerprint density at radius 1 is 1.48 bits per heavy atom. The molecule has 7 heteroatoms. The van der Waals surface area contributed by atoms with E-state index >= 15 is 0 Å². The van der Waals surface area contributed by atoms with Crippen LogP contribution in [0.1, 0.15) is 17.2 Å². The minimum absolute atomic E-state index is 0.0505. The number of aliphatic hydroxyl groups is 1. The van der Waals surface area contributed by atoms with Gasteiger partial charge < -0.3 is 15.7 Å². The number of benzene rings is 1. The zero-order chi connectivity index (χ0) is 15.2. The van der Waals surface area contributed by atoms with Gasteiger partial charge in [0.05, 0.1) is 11.7 Å². The molecule has 0 bridgehead atoms. The summed E-state index contributed by atoms with van der Waals surface area (Å²) in [7, 11) is 0. The molecule has 1 heterocycles. The Hall–Kier alpha value is -2.43. The van der Waals surface area contributed by atoms with Crippen LogP contribution in [0, 0.1) is 17.1 Å². The molecule has 0 aliphatic rings. The summed E-state index contributed by atoms with van der Waals surface area (Å²) in [6.45, 7) is 0.0505. The topological polar surface area (TPSA) is 85.2 Å². The van der Waals surface area contributed by atoms with Gasteiger partial charge in [0.1, 0.15) is 11.9 Å². The van der Waals surface area contributed by atoms with Crippen molar-refractivity contribution in [1.29, 1.82) is 5.26 Å². The molecule has 1 aromatic carbocycles. The van der Waals surface area contributed by atoms with E-state index in [1.165, 1.54) is 23.5 Å². The minimum atomic E-state index is -0.787. The standard InChI is InChI=1S/C14H12FN3O2S/c15-12-2-1-11(5-10(12)6-16)18-14(20)17-7-13(19)9-3-4-21-8-9/h1-5,8,13,19H,7H2,(H2,17,18,20). The minimum Gasteiger partial charge on any atom is -0.387 e. The number of hydrogen-bond acceptors (Lipinski definition) is 4. The Kier molecular flexibility index (Phi) is 4.87. The van der Waals surface area contributed by atoms with Gasteiger partial charge in [-0.2, -0.15) is 16.6 Å². The van der Waals surface area contributed by atoms with E-state index in [2.05, 4.69) is 10.6 Å². The molecule has 2 aromatic rings. The molecule has 108 valence electrons. The molecule has 1 aromatic heterocycles. The van der Waals surface area contributed by atoms with Crippen LogP contribution >= 0.6 is 11.3 Å². The van der Waals surface area contributed by atoms with E-state index in [4.69, 9.17) is 5.26 Å². The van der Waals surface area contributed by atoms with Gasteiger partial charge in [-0.25, -0.2) is 9.18 Å². The number of anilines is 1. The fourth-order valence-corrected chi connectivity index (χ4v) is 2.34. The monoisotopic (exact) mass is 305 g/mol. The molecule has 2 rings (SSSR count). The van der Waals surface area contributed by atoms with Gasteiger partial charge in [-0.15, -0.1) is 0 Å². The molecule has 3 N–H and O–H groups in total. The highest BCUT2D eigenvalue weighted by Crippen LogP contribution is 2.16. The predicted molar refractivity (Wildman–Crippen MR) is 77.4 cm³/mol. The second-order valence-electron chi connectivity index (χ2n) is 4.21. The third-order valence-corrected chi connectivity index (χ3v) is 3.43. The first kappa shape index (κ1) is 15.0. The van der Waals surface area contributed by atoms with E-state index in [1.807, 2.05) is 5.38 Å². The fourth-order valence-electron chi connectivity index (χ4n) is 1.64. The highest BCUT2D eigenvalue weighted by molar-refractivity contribution is 7.07. The van der Waals surface area contributed by atoms with Crippen molar-refractivity contribution < 1.29 is 14.3 Å². The third kappa shape index (κ3) is 4.02. The number of carbonyl (C=O) groups is 1. The number of hydrogen-bond donors (Lipinski definition) is 3. The first-order valence-electron chi connectivity index (χ1n) is 6.05. The SMILES string of the molecule is N#Cc1cc(NC(=O)NCC(O)c2ccsc2)ccc1F. The second kappa shape index (κ2) is 6.83. The molecular weight excluding hydrogens is 293 g/mol. The van der Waals surface area contributed by atoms with E-state index in [0.717, 1.165) is 11.6 Å². The molecule has 0 fully saturated rings. The number of nitrogens with zero attached hydrogens (tertiary/aromatic N) is 1. The van der Waals surface area contributed by atoms with Crippen LogP contribution in [0.3, 0.4) is 0 Å². The van der Waals surface area contributed by atoms with Crippen LogP contribution in [0.4, 0.5) is 14.9 Å². The lowest BCUT2D eigenvalue weighted by Crippen LogP contribution is -2.32. The Bertz CT molecular complexity index is 667. The maximum absolute atomic E-state index is 13.1. The number of urea groups is 1. The van der Waals surface area contributed by atoms with Gasteiger partial charge in [-0.05, 0) is 40.6 Å². The van der Waals surface area contributed by atoms with Crippen LogP contribution in [0.25, 0.3) is 0 Å². The van der Waals surface area contributed by atoms with Gasteiger partial charge >= 0.3 is 6.03 Å². The highest BCUT2D eigenvalue weighted by atomic mass is 32.1. The van der Waals surface area contributed by atoms with Crippen molar-refractivity contribution in [1.82, 2.24) is 5.32 Å². The van der Waals surface area contributed by atoms with Gasteiger partial charge in [-0.1, -0.05) is 0 Å². The second-order valence-corrected chi connectivity index (χ2v) is 4.99. The maximum Gasteiger partial charge on any atom is 0.319 e. The first-order chi connectivity index (χ1) is 10.1. The van der Waals surface area contributed by atoms with Crippen molar-refractivity contribution in [3.05, 3.63) is 52.0 Å². The van der Waals surface area contributed by atoms with E-state index in [1.54, 1.807) is 17.5 Å². The number of thiophene rings is 1. The summed E-state index contributed by atoms with van der Waals surface area (Å²) in [5.41, 5.74) is 0.885. The van der Waals surface area contributed by atoms with Crippen molar-refractivity contribution in [2.24, 2.45) is 0 Å². The molecule has 21 heavy (non-hydrogen) atoms.